The van der Waals surface area contributed by atoms with E-state index in [0.29, 0.717) is 27.4 Å². The first-order chi connectivity index (χ1) is 13.6. The molecule has 8 nitrogen and oxygen atoms in total. The Morgan fingerprint density at radius 1 is 1.32 bits per heavy atom. The van der Waals surface area contributed by atoms with Gasteiger partial charge in [-0.15, -0.1) is 11.3 Å². The Kier molecular flexibility index (Phi) is 4.09. The Hall–Kier alpha value is -2.52. The number of thiophene rings is 1. The summed E-state index contributed by atoms with van der Waals surface area (Å²) in [6, 6.07) is 1.81. The summed E-state index contributed by atoms with van der Waals surface area (Å²) in [5, 5.41) is 9.81. The molecule has 5 heterocycles. The summed E-state index contributed by atoms with van der Waals surface area (Å²) < 4.78 is 2.13. The third-order valence-corrected chi connectivity index (χ3v) is 6.87. The van der Waals surface area contributed by atoms with Crippen LogP contribution in [-0.2, 0) is 0 Å². The van der Waals surface area contributed by atoms with Gasteiger partial charge in [0.15, 0.2) is 0 Å². The summed E-state index contributed by atoms with van der Waals surface area (Å²) in [6.07, 6.45) is 6.13. The first kappa shape index (κ1) is 17.6. The Morgan fingerprint density at radius 2 is 2.21 bits per heavy atom. The van der Waals surface area contributed by atoms with E-state index in [4.69, 9.17) is 0 Å². The predicted molar refractivity (Wildman–Crippen MR) is 107 cm³/mol. The van der Waals surface area contributed by atoms with Gasteiger partial charge in [-0.05, 0) is 44.2 Å². The molecule has 0 aromatic carbocycles. The van der Waals surface area contributed by atoms with Crippen LogP contribution in [0, 0.1) is 6.92 Å². The maximum Gasteiger partial charge on any atom is 0.270 e. The van der Waals surface area contributed by atoms with Gasteiger partial charge in [0, 0.05) is 18.6 Å². The molecule has 2 fully saturated rings. The van der Waals surface area contributed by atoms with Crippen molar-refractivity contribution >= 4 is 27.5 Å². The van der Waals surface area contributed by atoms with E-state index in [1.165, 1.54) is 28.9 Å². The van der Waals surface area contributed by atoms with Crippen molar-refractivity contribution < 1.29 is 4.79 Å². The summed E-state index contributed by atoms with van der Waals surface area (Å²) in [7, 11) is 0. The zero-order valence-electron chi connectivity index (χ0n) is 15.7. The molecule has 3 aromatic rings. The Labute approximate surface area is 165 Å². The minimum atomic E-state index is -0.192. The van der Waals surface area contributed by atoms with Crippen molar-refractivity contribution in [1.82, 2.24) is 30.0 Å². The molecule has 0 aliphatic carbocycles. The van der Waals surface area contributed by atoms with Crippen LogP contribution < -0.4 is 10.9 Å². The van der Waals surface area contributed by atoms with Crippen molar-refractivity contribution in [3.05, 3.63) is 39.3 Å². The van der Waals surface area contributed by atoms with Crippen molar-refractivity contribution in [3.63, 3.8) is 0 Å². The van der Waals surface area contributed by atoms with E-state index in [1.54, 1.807) is 6.20 Å². The highest BCUT2D eigenvalue weighted by atomic mass is 32.1. The van der Waals surface area contributed by atoms with Gasteiger partial charge >= 0.3 is 0 Å². The van der Waals surface area contributed by atoms with Crippen molar-refractivity contribution in [2.24, 2.45) is 0 Å². The lowest BCUT2D eigenvalue weighted by Crippen LogP contribution is -2.50. The Morgan fingerprint density at radius 3 is 3.04 bits per heavy atom. The molecule has 146 valence electrons. The molecule has 2 N–H and O–H groups in total. The number of aromatic nitrogens is 4. The van der Waals surface area contributed by atoms with Gasteiger partial charge < -0.3 is 10.2 Å². The van der Waals surface area contributed by atoms with Crippen molar-refractivity contribution in [2.45, 2.75) is 38.1 Å². The van der Waals surface area contributed by atoms with Crippen LogP contribution in [0.2, 0.25) is 0 Å². The van der Waals surface area contributed by atoms with E-state index >= 15 is 0 Å². The van der Waals surface area contributed by atoms with Gasteiger partial charge in [-0.25, -0.2) is 9.67 Å². The fourth-order valence-corrected chi connectivity index (χ4v) is 5.11. The maximum atomic E-state index is 13.1. The average molecular weight is 398 g/mol. The number of hydrogen-bond acceptors (Lipinski definition) is 6. The second-order valence-corrected chi connectivity index (χ2v) is 8.64. The van der Waals surface area contributed by atoms with E-state index < -0.39 is 0 Å². The lowest BCUT2D eigenvalue weighted by Gasteiger charge is -2.34. The summed E-state index contributed by atoms with van der Waals surface area (Å²) in [4.78, 5) is 34.6. The largest absolute Gasteiger partial charge is 0.337 e. The van der Waals surface area contributed by atoms with Crippen LogP contribution in [0.25, 0.3) is 16.2 Å². The number of fused-ring (bicyclic) bond motifs is 1. The number of nitrogens with zero attached hydrogens (tertiary/aromatic N) is 4. The highest BCUT2D eigenvalue weighted by Gasteiger charge is 2.41. The normalized spacial score (nSPS) is 22.4. The molecule has 1 spiro atoms. The van der Waals surface area contributed by atoms with E-state index in [0.717, 1.165) is 32.5 Å². The van der Waals surface area contributed by atoms with Crippen LogP contribution in [-0.4, -0.2) is 55.7 Å². The molecule has 1 amide bonds. The third kappa shape index (κ3) is 2.77. The standard InChI is InChI=1S/C19H22N6O2S/c1-12-13(17(27)24-8-6-19(11-24)5-2-3-7-20-19)10-21-25(12)18-22-14-4-9-28-15(14)16(26)23-18/h4,9-10,20H,2-3,5-8,11H2,1H3,(H,22,23,26). The summed E-state index contributed by atoms with van der Waals surface area (Å²) in [5.74, 6) is 0.325. The Bertz CT molecular complexity index is 1110. The van der Waals surface area contributed by atoms with E-state index in [9.17, 15) is 9.59 Å². The highest BCUT2D eigenvalue weighted by molar-refractivity contribution is 7.17. The van der Waals surface area contributed by atoms with Gasteiger partial charge in [-0.2, -0.15) is 5.10 Å². The smallest absolute Gasteiger partial charge is 0.270 e. The molecular formula is C19H22N6O2S. The molecule has 1 unspecified atom stereocenters. The first-order valence-electron chi connectivity index (χ1n) is 9.63. The van der Waals surface area contributed by atoms with E-state index in [2.05, 4.69) is 20.4 Å². The zero-order valence-corrected chi connectivity index (χ0v) is 16.5. The molecule has 9 heteroatoms. The van der Waals surface area contributed by atoms with Gasteiger partial charge in [-0.1, -0.05) is 6.42 Å². The predicted octanol–water partition coefficient (Wildman–Crippen LogP) is 1.84. The molecule has 1 atom stereocenters. The second kappa shape index (κ2) is 6.52. The van der Waals surface area contributed by atoms with Gasteiger partial charge in [-0.3, -0.25) is 14.6 Å². The number of piperidine rings is 1. The van der Waals surface area contributed by atoms with Crippen LogP contribution in [0.3, 0.4) is 0 Å². The number of nitrogens with one attached hydrogen (secondary N) is 2. The molecule has 2 aliphatic heterocycles. The number of rotatable bonds is 2. The quantitative estimate of drug-likeness (QED) is 0.687. The van der Waals surface area contributed by atoms with E-state index in [-0.39, 0.29) is 17.0 Å². The van der Waals surface area contributed by atoms with Crippen molar-refractivity contribution in [1.29, 1.82) is 0 Å². The van der Waals surface area contributed by atoms with Crippen LogP contribution >= 0.6 is 11.3 Å². The van der Waals surface area contributed by atoms with Gasteiger partial charge in [0.25, 0.3) is 11.5 Å². The van der Waals surface area contributed by atoms with E-state index in [1.807, 2.05) is 23.3 Å². The van der Waals surface area contributed by atoms with Gasteiger partial charge in [0.05, 0.1) is 23.0 Å². The zero-order chi connectivity index (χ0) is 19.3. The fourth-order valence-electron chi connectivity index (χ4n) is 4.39. The third-order valence-electron chi connectivity index (χ3n) is 5.97. The summed E-state index contributed by atoms with van der Waals surface area (Å²) in [5.41, 5.74) is 1.76. The summed E-state index contributed by atoms with van der Waals surface area (Å²) >= 11 is 1.36. The molecule has 3 aromatic heterocycles. The van der Waals surface area contributed by atoms with Crippen molar-refractivity contribution in [3.8, 4) is 5.95 Å². The molecular weight excluding hydrogens is 376 g/mol. The lowest BCUT2D eigenvalue weighted by molar-refractivity contribution is 0.0774. The van der Waals surface area contributed by atoms with Gasteiger partial charge in [0.2, 0.25) is 5.95 Å². The second-order valence-electron chi connectivity index (χ2n) is 7.72. The van der Waals surface area contributed by atoms with Crippen LogP contribution in [0.5, 0.6) is 0 Å². The molecule has 2 saturated heterocycles. The number of likely N-dealkylation sites (tertiary alicyclic amines) is 1. The SMILES string of the molecule is Cc1c(C(=O)N2CCC3(CCCCN3)C2)cnn1-c1nc2ccsc2c(=O)[nH]1. The number of H-pyrrole nitrogens is 1. The molecule has 28 heavy (non-hydrogen) atoms. The molecule has 0 saturated carbocycles. The van der Waals surface area contributed by atoms with Crippen molar-refractivity contribution in [2.75, 3.05) is 19.6 Å². The lowest BCUT2D eigenvalue weighted by atomic mass is 9.88. The van der Waals surface area contributed by atoms with Crippen LogP contribution in [0.15, 0.2) is 22.4 Å². The molecule has 2 aliphatic rings. The van der Waals surface area contributed by atoms with Crippen LogP contribution in [0.4, 0.5) is 0 Å². The van der Waals surface area contributed by atoms with Gasteiger partial charge in [0.1, 0.15) is 4.70 Å². The monoisotopic (exact) mass is 398 g/mol. The molecule has 0 radical (unpaired) electrons. The average Bonchev–Trinajstić information content (AvgIpc) is 3.41. The first-order valence-corrected chi connectivity index (χ1v) is 10.5. The van der Waals surface area contributed by atoms with Crippen LogP contribution in [0.1, 0.15) is 41.7 Å². The highest BCUT2D eigenvalue weighted by Crippen LogP contribution is 2.30. The Balaban J connectivity index is 1.43. The topological polar surface area (TPSA) is 95.9 Å². The number of carbonyl (C=O) groups is 1. The molecule has 0 bridgehead atoms. The number of hydrogen-bond donors (Lipinski definition) is 2. The number of aromatic amines is 1. The molecule has 5 rings (SSSR count). The summed E-state index contributed by atoms with van der Waals surface area (Å²) in [6.45, 7) is 4.37. The number of amides is 1. The minimum absolute atomic E-state index is 0.00745. The minimum Gasteiger partial charge on any atom is -0.337 e. The maximum absolute atomic E-state index is 13.1. The number of carbonyl (C=O) groups excluding carboxylic acids is 1. The fraction of sp³-hybridized carbons (Fsp3) is 0.474.